The number of aromatic hydroxyl groups is 1. The van der Waals surface area contributed by atoms with Crippen molar-refractivity contribution in [3.8, 4) is 11.5 Å². The highest BCUT2D eigenvalue weighted by molar-refractivity contribution is 6.09. The molecule has 10 nitrogen and oxygen atoms in total. The number of ketones is 1. The first-order chi connectivity index (χ1) is 16.2. The molecule has 1 aromatic heterocycles. The van der Waals surface area contributed by atoms with E-state index in [-0.39, 0.29) is 16.9 Å². The summed E-state index contributed by atoms with van der Waals surface area (Å²) >= 11 is 0. The van der Waals surface area contributed by atoms with Crippen LogP contribution in [0.2, 0.25) is 0 Å². The van der Waals surface area contributed by atoms with Gasteiger partial charge in [-0.15, -0.1) is 0 Å². The first kappa shape index (κ1) is 23.5. The Kier molecular flexibility index (Phi) is 6.40. The number of allylic oxidation sites excluding steroid dienone is 1. The highest BCUT2D eigenvalue weighted by Crippen LogP contribution is 2.40. The Morgan fingerprint density at radius 1 is 1.03 bits per heavy atom. The zero-order chi connectivity index (χ0) is 24.6. The van der Waals surface area contributed by atoms with Gasteiger partial charge in [-0.25, -0.2) is 4.79 Å². The van der Waals surface area contributed by atoms with Crippen LogP contribution in [0.15, 0.2) is 53.2 Å². The zero-order valence-electron chi connectivity index (χ0n) is 17.9. The van der Waals surface area contributed by atoms with Crippen molar-refractivity contribution in [2.75, 3.05) is 7.11 Å². The SMILES string of the molecule is COc1cc(O)c(C(=O)/C=C/c2ccc3occc3c2)cc1C1OC(C(=O)O)C(O)C(O)C1O. The molecule has 5 atom stereocenters. The van der Waals surface area contributed by atoms with Gasteiger partial charge in [-0.1, -0.05) is 12.1 Å². The maximum Gasteiger partial charge on any atom is 0.335 e. The summed E-state index contributed by atoms with van der Waals surface area (Å²) in [7, 11) is 1.26. The lowest BCUT2D eigenvalue weighted by atomic mass is 9.89. The Morgan fingerprint density at radius 3 is 2.50 bits per heavy atom. The van der Waals surface area contributed by atoms with Gasteiger partial charge in [0.15, 0.2) is 11.9 Å². The summed E-state index contributed by atoms with van der Waals surface area (Å²) in [6.45, 7) is 0. The summed E-state index contributed by atoms with van der Waals surface area (Å²) in [5.74, 6) is -2.56. The molecule has 5 unspecified atom stereocenters. The van der Waals surface area contributed by atoms with Crippen molar-refractivity contribution in [1.29, 1.82) is 0 Å². The van der Waals surface area contributed by atoms with E-state index in [1.54, 1.807) is 30.5 Å². The number of carbonyl (C=O) groups excluding carboxylic acids is 1. The van der Waals surface area contributed by atoms with Crippen molar-refractivity contribution in [3.05, 3.63) is 65.4 Å². The van der Waals surface area contributed by atoms with Crippen LogP contribution in [0, 0.1) is 0 Å². The van der Waals surface area contributed by atoms with Crippen molar-refractivity contribution >= 4 is 28.8 Å². The number of phenolic OH excluding ortho intramolecular Hbond substituents is 1. The van der Waals surface area contributed by atoms with Gasteiger partial charge in [0.2, 0.25) is 0 Å². The molecule has 0 saturated carbocycles. The molecule has 178 valence electrons. The molecule has 34 heavy (non-hydrogen) atoms. The molecule has 0 bridgehead atoms. The second kappa shape index (κ2) is 9.27. The monoisotopic (exact) mass is 470 g/mol. The van der Waals surface area contributed by atoms with E-state index in [9.17, 15) is 35.1 Å². The van der Waals surface area contributed by atoms with E-state index in [1.807, 2.05) is 6.07 Å². The van der Waals surface area contributed by atoms with Crippen LogP contribution in [0.4, 0.5) is 0 Å². The normalized spacial score (nSPS) is 25.0. The number of carboxylic acids is 1. The molecule has 4 rings (SSSR count). The van der Waals surface area contributed by atoms with Gasteiger partial charge in [0.1, 0.15) is 41.5 Å². The molecule has 0 amide bonds. The third-order valence-corrected chi connectivity index (χ3v) is 5.68. The number of carbonyl (C=O) groups is 2. The lowest BCUT2D eigenvalue weighted by Gasteiger charge is -2.39. The summed E-state index contributed by atoms with van der Waals surface area (Å²) in [5.41, 5.74) is 1.25. The van der Waals surface area contributed by atoms with Gasteiger partial charge in [-0.3, -0.25) is 4.79 Å². The van der Waals surface area contributed by atoms with E-state index in [1.165, 1.54) is 19.3 Å². The van der Waals surface area contributed by atoms with E-state index in [0.29, 0.717) is 11.1 Å². The van der Waals surface area contributed by atoms with Crippen LogP contribution in [0.25, 0.3) is 17.0 Å². The molecule has 0 spiro atoms. The molecule has 10 heteroatoms. The Morgan fingerprint density at radius 2 is 1.79 bits per heavy atom. The molecule has 1 aliphatic heterocycles. The molecule has 1 aliphatic rings. The van der Waals surface area contributed by atoms with E-state index in [4.69, 9.17) is 13.9 Å². The van der Waals surface area contributed by atoms with Crippen molar-refractivity contribution in [2.45, 2.75) is 30.5 Å². The van der Waals surface area contributed by atoms with Gasteiger partial charge in [0, 0.05) is 17.0 Å². The summed E-state index contributed by atoms with van der Waals surface area (Å²) in [6, 6.07) is 9.41. The van der Waals surface area contributed by atoms with Crippen LogP contribution in [0.1, 0.15) is 27.6 Å². The summed E-state index contributed by atoms with van der Waals surface area (Å²) in [6.07, 6.45) is -4.41. The number of aliphatic carboxylic acids is 1. The fraction of sp³-hybridized carbons (Fsp3) is 0.250. The quantitative estimate of drug-likeness (QED) is 0.264. The molecule has 0 radical (unpaired) electrons. The Balaban J connectivity index is 1.68. The number of benzene rings is 2. The Hall–Kier alpha value is -3.70. The van der Waals surface area contributed by atoms with Crippen molar-refractivity contribution in [2.24, 2.45) is 0 Å². The molecule has 0 aliphatic carbocycles. The number of carboxylic acid groups (broad SMARTS) is 1. The maximum atomic E-state index is 12.9. The number of hydrogen-bond acceptors (Lipinski definition) is 9. The lowest BCUT2D eigenvalue weighted by molar-refractivity contribution is -0.230. The standard InChI is InChI=1S/C24H22O10/c1-32-18-10-16(26)13(15(25)4-2-11-3-5-17-12(8-11)6-7-33-17)9-14(18)22-20(28)19(27)21(29)23(34-22)24(30)31/h2-10,19-23,26-29H,1H3,(H,30,31)/b4-2+. The van der Waals surface area contributed by atoms with Crippen molar-refractivity contribution < 1.29 is 49.0 Å². The molecule has 2 aromatic carbocycles. The average molecular weight is 470 g/mol. The number of furan rings is 1. The summed E-state index contributed by atoms with van der Waals surface area (Å²) in [5, 5.41) is 51.1. The molecule has 1 saturated heterocycles. The first-order valence-electron chi connectivity index (χ1n) is 10.2. The number of hydrogen-bond donors (Lipinski definition) is 5. The minimum absolute atomic E-state index is 0.0137. The lowest BCUT2D eigenvalue weighted by Crippen LogP contribution is -2.56. The van der Waals surface area contributed by atoms with Crippen LogP contribution >= 0.6 is 0 Å². The molecule has 5 N–H and O–H groups in total. The number of rotatable bonds is 6. The van der Waals surface area contributed by atoms with Crippen LogP contribution in [-0.2, 0) is 9.53 Å². The summed E-state index contributed by atoms with van der Waals surface area (Å²) < 4.78 is 15.8. The van der Waals surface area contributed by atoms with Crippen molar-refractivity contribution in [3.63, 3.8) is 0 Å². The fourth-order valence-electron chi connectivity index (χ4n) is 3.87. The highest BCUT2D eigenvalue weighted by atomic mass is 16.6. The predicted octanol–water partition coefficient (Wildman–Crippen LogP) is 1.65. The van der Waals surface area contributed by atoms with Gasteiger partial charge < -0.3 is 39.4 Å². The number of ether oxygens (including phenoxy) is 2. The number of fused-ring (bicyclic) bond motifs is 1. The molecule has 1 fully saturated rings. The van der Waals surface area contributed by atoms with Crippen LogP contribution in [0.5, 0.6) is 11.5 Å². The Labute approximate surface area is 192 Å². The second-order valence-corrected chi connectivity index (χ2v) is 7.81. The van der Waals surface area contributed by atoms with Gasteiger partial charge in [-0.2, -0.15) is 0 Å². The summed E-state index contributed by atoms with van der Waals surface area (Å²) in [4.78, 5) is 24.3. The smallest absolute Gasteiger partial charge is 0.335 e. The van der Waals surface area contributed by atoms with Crippen molar-refractivity contribution in [1.82, 2.24) is 0 Å². The number of methoxy groups -OCH3 is 1. The largest absolute Gasteiger partial charge is 0.507 e. The van der Waals surface area contributed by atoms with E-state index in [0.717, 1.165) is 11.5 Å². The molecular weight excluding hydrogens is 448 g/mol. The van der Waals surface area contributed by atoms with Gasteiger partial charge in [0.05, 0.1) is 18.9 Å². The highest BCUT2D eigenvalue weighted by Gasteiger charge is 2.48. The topological polar surface area (TPSA) is 167 Å². The van der Waals surface area contributed by atoms with E-state index in [2.05, 4.69) is 0 Å². The number of aliphatic hydroxyl groups excluding tert-OH is 3. The van der Waals surface area contributed by atoms with Crippen LogP contribution in [-0.4, -0.2) is 68.8 Å². The molecule has 3 aromatic rings. The third kappa shape index (κ3) is 4.27. The van der Waals surface area contributed by atoms with Crippen LogP contribution in [0.3, 0.4) is 0 Å². The predicted molar refractivity (Wildman–Crippen MR) is 118 cm³/mol. The average Bonchev–Trinajstić information content (AvgIpc) is 3.29. The first-order valence-corrected chi connectivity index (χ1v) is 10.2. The second-order valence-electron chi connectivity index (χ2n) is 7.81. The minimum Gasteiger partial charge on any atom is -0.507 e. The maximum absolute atomic E-state index is 12.9. The molecule has 2 heterocycles. The third-order valence-electron chi connectivity index (χ3n) is 5.68. The molecular formula is C24H22O10. The van der Waals surface area contributed by atoms with Gasteiger partial charge >= 0.3 is 5.97 Å². The minimum atomic E-state index is -1.87. The Bertz CT molecular complexity index is 1260. The zero-order valence-corrected chi connectivity index (χ0v) is 17.9. The van der Waals surface area contributed by atoms with E-state index < -0.39 is 48.0 Å². The fourth-order valence-corrected chi connectivity index (χ4v) is 3.87. The number of aliphatic hydroxyl groups is 3. The number of phenols is 1. The van der Waals surface area contributed by atoms with Crippen LogP contribution < -0.4 is 4.74 Å². The van der Waals surface area contributed by atoms with Gasteiger partial charge in [-0.05, 0) is 35.9 Å². The van der Waals surface area contributed by atoms with E-state index >= 15 is 0 Å². The van der Waals surface area contributed by atoms with Gasteiger partial charge in [0.25, 0.3) is 0 Å².